The van der Waals surface area contributed by atoms with E-state index >= 15 is 0 Å². The first-order valence-corrected chi connectivity index (χ1v) is 7.95. The topological polar surface area (TPSA) is 33.7 Å². The molecule has 0 radical (unpaired) electrons. The summed E-state index contributed by atoms with van der Waals surface area (Å²) in [4.78, 5) is 2.49. The Morgan fingerprint density at radius 3 is 2.60 bits per heavy atom. The van der Waals surface area contributed by atoms with Crippen LogP contribution in [-0.2, 0) is 9.47 Å². The maximum atomic E-state index is 5.80. The lowest BCUT2D eigenvalue weighted by molar-refractivity contribution is -0.0306. The molecule has 20 heavy (non-hydrogen) atoms. The predicted octanol–water partition coefficient (Wildman–Crippen LogP) is 2.14. The normalized spacial score (nSPS) is 24.3. The predicted molar refractivity (Wildman–Crippen MR) is 84.2 cm³/mol. The summed E-state index contributed by atoms with van der Waals surface area (Å²) in [6, 6.07) is 0. The molecule has 0 saturated carbocycles. The Balaban J connectivity index is 2.61. The molecule has 0 aromatic carbocycles. The zero-order chi connectivity index (χ0) is 15.1. The van der Waals surface area contributed by atoms with E-state index in [2.05, 4.69) is 37.9 Å². The van der Waals surface area contributed by atoms with Gasteiger partial charge in [0.1, 0.15) is 0 Å². The van der Waals surface area contributed by atoms with Gasteiger partial charge in [-0.3, -0.25) is 0 Å². The van der Waals surface area contributed by atoms with Crippen molar-refractivity contribution < 1.29 is 9.47 Å². The van der Waals surface area contributed by atoms with Crippen molar-refractivity contribution in [3.63, 3.8) is 0 Å². The van der Waals surface area contributed by atoms with Gasteiger partial charge in [0.25, 0.3) is 0 Å². The van der Waals surface area contributed by atoms with Crippen LogP contribution in [0, 0.1) is 5.41 Å². The Morgan fingerprint density at radius 1 is 1.35 bits per heavy atom. The summed E-state index contributed by atoms with van der Waals surface area (Å²) < 4.78 is 11.0. The molecule has 0 aliphatic carbocycles. The van der Waals surface area contributed by atoms with E-state index in [0.29, 0.717) is 0 Å². The number of nitrogens with one attached hydrogen (secondary N) is 1. The third kappa shape index (κ3) is 6.53. The van der Waals surface area contributed by atoms with Crippen LogP contribution in [0.15, 0.2) is 0 Å². The molecule has 1 heterocycles. The highest BCUT2D eigenvalue weighted by Crippen LogP contribution is 2.29. The van der Waals surface area contributed by atoms with Gasteiger partial charge in [0, 0.05) is 44.3 Å². The molecule has 0 aromatic rings. The van der Waals surface area contributed by atoms with Crippen LogP contribution in [-0.4, -0.2) is 63.5 Å². The highest BCUT2D eigenvalue weighted by atomic mass is 16.5. The molecular weight excluding hydrogens is 252 g/mol. The molecule has 0 aromatic heterocycles. The van der Waals surface area contributed by atoms with Crippen LogP contribution in [0.3, 0.4) is 0 Å². The van der Waals surface area contributed by atoms with Crippen molar-refractivity contribution >= 4 is 0 Å². The zero-order valence-corrected chi connectivity index (χ0v) is 14.1. The number of likely N-dealkylation sites (N-methyl/N-ethyl adjacent to an activating group) is 1. The number of ether oxygens (including phenoxy) is 2. The number of hydrogen-bond acceptors (Lipinski definition) is 4. The van der Waals surface area contributed by atoms with Crippen LogP contribution in [0.5, 0.6) is 0 Å². The van der Waals surface area contributed by atoms with Crippen molar-refractivity contribution in [2.75, 3.05) is 53.1 Å². The summed E-state index contributed by atoms with van der Waals surface area (Å²) in [7, 11) is 1.77. The average Bonchev–Trinajstić information content (AvgIpc) is 2.42. The molecule has 1 unspecified atom stereocenters. The van der Waals surface area contributed by atoms with Crippen LogP contribution in [0.2, 0.25) is 0 Å². The molecule has 1 N–H and O–H groups in total. The molecule has 0 bridgehead atoms. The lowest BCUT2D eigenvalue weighted by Gasteiger charge is -2.42. The van der Waals surface area contributed by atoms with E-state index in [1.165, 1.54) is 12.8 Å². The maximum absolute atomic E-state index is 5.80. The standard InChI is InChI=1S/C16H34N2O2/c1-6-18(9-11-19-5)13-16(8-7-10-20-14-16)12-17-15(2,3)4/h17H,6-14H2,1-5H3. The van der Waals surface area contributed by atoms with Gasteiger partial charge in [-0.1, -0.05) is 6.92 Å². The highest BCUT2D eigenvalue weighted by Gasteiger charge is 2.35. The Morgan fingerprint density at radius 2 is 2.10 bits per heavy atom. The smallest absolute Gasteiger partial charge is 0.0589 e. The fourth-order valence-corrected chi connectivity index (χ4v) is 2.73. The summed E-state index contributed by atoms with van der Waals surface area (Å²) >= 11 is 0. The molecule has 120 valence electrons. The van der Waals surface area contributed by atoms with Crippen molar-refractivity contribution in [3.8, 4) is 0 Å². The molecular formula is C16H34N2O2. The summed E-state index contributed by atoms with van der Waals surface area (Å²) in [5, 5.41) is 3.68. The molecule has 0 amide bonds. The lowest BCUT2D eigenvalue weighted by Crippen LogP contribution is -2.52. The minimum Gasteiger partial charge on any atom is -0.383 e. The summed E-state index contributed by atoms with van der Waals surface area (Å²) in [6.45, 7) is 15.7. The van der Waals surface area contributed by atoms with Crippen molar-refractivity contribution in [2.45, 2.75) is 46.1 Å². The Bertz CT molecular complexity index is 258. The number of rotatable bonds is 8. The van der Waals surface area contributed by atoms with Gasteiger partial charge in [0.05, 0.1) is 13.2 Å². The first-order valence-electron chi connectivity index (χ1n) is 7.95. The largest absolute Gasteiger partial charge is 0.383 e. The van der Waals surface area contributed by atoms with Crippen molar-refractivity contribution in [1.82, 2.24) is 10.2 Å². The maximum Gasteiger partial charge on any atom is 0.0589 e. The minimum absolute atomic E-state index is 0.161. The summed E-state index contributed by atoms with van der Waals surface area (Å²) in [6.07, 6.45) is 2.42. The second kappa shape index (κ2) is 8.32. The van der Waals surface area contributed by atoms with Gasteiger partial charge in [0.2, 0.25) is 0 Å². The molecule has 1 fully saturated rings. The van der Waals surface area contributed by atoms with Crippen molar-refractivity contribution in [3.05, 3.63) is 0 Å². The van der Waals surface area contributed by atoms with E-state index in [1.807, 2.05) is 0 Å². The van der Waals surface area contributed by atoms with Crippen LogP contribution in [0.25, 0.3) is 0 Å². The minimum atomic E-state index is 0.161. The zero-order valence-electron chi connectivity index (χ0n) is 14.1. The van der Waals surface area contributed by atoms with Gasteiger partial charge < -0.3 is 19.7 Å². The van der Waals surface area contributed by atoms with Gasteiger partial charge in [-0.05, 0) is 40.2 Å². The number of hydrogen-bond donors (Lipinski definition) is 1. The lowest BCUT2D eigenvalue weighted by atomic mass is 9.81. The van der Waals surface area contributed by atoms with Crippen molar-refractivity contribution in [1.29, 1.82) is 0 Å². The van der Waals surface area contributed by atoms with Gasteiger partial charge in [-0.2, -0.15) is 0 Å². The SMILES string of the molecule is CCN(CCOC)CC1(CNC(C)(C)C)CCCOC1. The third-order valence-corrected chi connectivity index (χ3v) is 4.02. The fourth-order valence-electron chi connectivity index (χ4n) is 2.73. The third-order valence-electron chi connectivity index (χ3n) is 4.02. The molecule has 1 aliphatic heterocycles. The fraction of sp³-hybridized carbons (Fsp3) is 1.00. The molecule has 4 heteroatoms. The van der Waals surface area contributed by atoms with Gasteiger partial charge in [-0.15, -0.1) is 0 Å². The van der Waals surface area contributed by atoms with E-state index in [1.54, 1.807) is 7.11 Å². The molecule has 1 atom stereocenters. The van der Waals surface area contributed by atoms with Crippen LogP contribution in [0.4, 0.5) is 0 Å². The molecule has 1 saturated heterocycles. The molecule has 0 spiro atoms. The highest BCUT2D eigenvalue weighted by molar-refractivity contribution is 4.89. The first-order chi connectivity index (χ1) is 9.41. The second-order valence-electron chi connectivity index (χ2n) is 7.12. The number of methoxy groups -OCH3 is 1. The summed E-state index contributed by atoms with van der Waals surface area (Å²) in [5.74, 6) is 0. The van der Waals surface area contributed by atoms with Gasteiger partial charge in [-0.25, -0.2) is 0 Å². The van der Waals surface area contributed by atoms with Crippen LogP contribution in [0.1, 0.15) is 40.5 Å². The molecule has 4 nitrogen and oxygen atoms in total. The first kappa shape index (κ1) is 17.9. The van der Waals surface area contributed by atoms with Gasteiger partial charge in [0.15, 0.2) is 0 Å². The van der Waals surface area contributed by atoms with E-state index in [9.17, 15) is 0 Å². The van der Waals surface area contributed by atoms with E-state index in [0.717, 1.165) is 46.0 Å². The number of nitrogens with zero attached hydrogens (tertiary/aromatic N) is 1. The quantitative estimate of drug-likeness (QED) is 0.741. The monoisotopic (exact) mass is 286 g/mol. The Labute approximate surface area is 125 Å². The van der Waals surface area contributed by atoms with Crippen LogP contribution < -0.4 is 5.32 Å². The second-order valence-corrected chi connectivity index (χ2v) is 7.12. The molecule has 1 aliphatic rings. The van der Waals surface area contributed by atoms with E-state index < -0.39 is 0 Å². The average molecular weight is 286 g/mol. The summed E-state index contributed by atoms with van der Waals surface area (Å²) in [5.41, 5.74) is 0.406. The van der Waals surface area contributed by atoms with Crippen molar-refractivity contribution in [2.24, 2.45) is 5.41 Å². The molecule has 1 rings (SSSR count). The Hall–Kier alpha value is -0.160. The van der Waals surface area contributed by atoms with Gasteiger partial charge >= 0.3 is 0 Å². The van der Waals surface area contributed by atoms with Crippen LogP contribution >= 0.6 is 0 Å². The van der Waals surface area contributed by atoms with E-state index in [-0.39, 0.29) is 11.0 Å². The van der Waals surface area contributed by atoms with E-state index in [4.69, 9.17) is 9.47 Å². The Kier molecular flexibility index (Phi) is 7.45.